The number of hydrogen-bond acceptors (Lipinski definition) is 7. The Morgan fingerprint density at radius 3 is 2.71 bits per heavy atom. The van der Waals surface area contributed by atoms with Crippen molar-refractivity contribution in [2.24, 2.45) is 0 Å². The van der Waals surface area contributed by atoms with Crippen molar-refractivity contribution in [1.82, 2.24) is 9.97 Å². The number of aromatic nitrogens is 2. The molecule has 2 rings (SSSR count). The molecule has 2 aromatic rings. The molecule has 0 aliphatic rings. The molecule has 0 radical (unpaired) electrons. The summed E-state index contributed by atoms with van der Waals surface area (Å²) >= 11 is 0. The maximum absolute atomic E-state index is 8.64. The molecule has 21 heavy (non-hydrogen) atoms. The molecule has 0 bridgehead atoms. The molecule has 2 N–H and O–H groups in total. The zero-order valence-electron chi connectivity index (χ0n) is 12.1. The normalized spacial score (nSPS) is 10.6. The van der Waals surface area contributed by atoms with Crippen LogP contribution in [0.3, 0.4) is 0 Å². The number of ether oxygens (including phenoxy) is 3. The van der Waals surface area contributed by atoms with Gasteiger partial charge in [-0.1, -0.05) is 0 Å². The number of aliphatic hydroxyl groups is 1. The lowest BCUT2D eigenvalue weighted by Crippen LogP contribution is -2.12. The maximum atomic E-state index is 8.64. The van der Waals surface area contributed by atoms with Crippen molar-refractivity contribution >= 4 is 16.7 Å². The van der Waals surface area contributed by atoms with Crippen molar-refractivity contribution in [2.75, 3.05) is 45.9 Å². The summed E-state index contributed by atoms with van der Waals surface area (Å²) < 4.78 is 15.8. The summed E-state index contributed by atoms with van der Waals surface area (Å²) in [6.07, 6.45) is 1.47. The lowest BCUT2D eigenvalue weighted by atomic mass is 10.2. The molecule has 1 aromatic heterocycles. The minimum Gasteiger partial charge on any atom is -0.493 e. The zero-order chi connectivity index (χ0) is 15.1. The van der Waals surface area contributed by atoms with Crippen LogP contribution in [0.2, 0.25) is 0 Å². The first kappa shape index (κ1) is 15.3. The van der Waals surface area contributed by atoms with Crippen LogP contribution in [0, 0.1) is 0 Å². The number of nitrogens with zero attached hydrogens (tertiary/aromatic N) is 2. The molecule has 0 aliphatic carbocycles. The number of hydrogen-bond donors (Lipinski definition) is 2. The van der Waals surface area contributed by atoms with E-state index < -0.39 is 0 Å². The van der Waals surface area contributed by atoms with Gasteiger partial charge >= 0.3 is 0 Å². The standard InChI is InChI=1S/C14H19N3O4/c1-19-11-4-3-10-12(13(11)20-2)16-9-17-14(10)15-5-7-21-8-6-18/h3-4,9,18H,5-8H2,1-2H3,(H,15,16,17). The summed E-state index contributed by atoms with van der Waals surface area (Å²) in [5.74, 6) is 1.91. The second-order valence-electron chi connectivity index (χ2n) is 4.18. The van der Waals surface area contributed by atoms with Gasteiger partial charge in [0.2, 0.25) is 0 Å². The quantitative estimate of drug-likeness (QED) is 0.704. The van der Waals surface area contributed by atoms with Crippen LogP contribution in [0.25, 0.3) is 10.9 Å². The topological polar surface area (TPSA) is 85.7 Å². The summed E-state index contributed by atoms with van der Waals surface area (Å²) in [6.45, 7) is 1.42. The first-order valence-corrected chi connectivity index (χ1v) is 6.60. The van der Waals surface area contributed by atoms with E-state index in [1.807, 2.05) is 12.1 Å². The van der Waals surface area contributed by atoms with Gasteiger partial charge in [0.15, 0.2) is 11.5 Å². The second-order valence-corrected chi connectivity index (χ2v) is 4.18. The van der Waals surface area contributed by atoms with Crippen molar-refractivity contribution in [1.29, 1.82) is 0 Å². The van der Waals surface area contributed by atoms with Gasteiger partial charge in [-0.25, -0.2) is 9.97 Å². The van der Waals surface area contributed by atoms with Crippen molar-refractivity contribution in [2.45, 2.75) is 0 Å². The fourth-order valence-electron chi connectivity index (χ4n) is 1.99. The Hall–Kier alpha value is -2.12. The van der Waals surface area contributed by atoms with Gasteiger partial charge in [0.25, 0.3) is 0 Å². The summed E-state index contributed by atoms with van der Waals surface area (Å²) in [5, 5.41) is 12.7. The number of benzene rings is 1. The van der Waals surface area contributed by atoms with Crippen LogP contribution in [0.1, 0.15) is 0 Å². The Morgan fingerprint density at radius 1 is 1.14 bits per heavy atom. The summed E-state index contributed by atoms with van der Waals surface area (Å²) in [5.41, 5.74) is 0.686. The van der Waals surface area contributed by atoms with Gasteiger partial charge in [-0.2, -0.15) is 0 Å². The summed E-state index contributed by atoms with van der Waals surface area (Å²) in [7, 11) is 3.16. The minimum absolute atomic E-state index is 0.0213. The van der Waals surface area contributed by atoms with Gasteiger partial charge in [-0.15, -0.1) is 0 Å². The molecule has 0 fully saturated rings. The molecular formula is C14H19N3O4. The zero-order valence-corrected chi connectivity index (χ0v) is 12.1. The Kier molecular flexibility index (Phi) is 5.53. The minimum atomic E-state index is 0.0213. The molecule has 0 saturated carbocycles. The molecule has 0 unspecified atom stereocenters. The van der Waals surface area contributed by atoms with Gasteiger partial charge < -0.3 is 24.6 Å². The van der Waals surface area contributed by atoms with E-state index in [2.05, 4.69) is 15.3 Å². The van der Waals surface area contributed by atoms with E-state index in [-0.39, 0.29) is 6.61 Å². The molecule has 1 aromatic carbocycles. The number of anilines is 1. The molecule has 7 heteroatoms. The third-order valence-electron chi connectivity index (χ3n) is 2.92. The summed E-state index contributed by atoms with van der Waals surface area (Å²) in [4.78, 5) is 8.49. The van der Waals surface area contributed by atoms with Gasteiger partial charge in [0, 0.05) is 11.9 Å². The lowest BCUT2D eigenvalue weighted by molar-refractivity contribution is 0.0992. The smallest absolute Gasteiger partial charge is 0.187 e. The first-order chi connectivity index (χ1) is 10.3. The van der Waals surface area contributed by atoms with Gasteiger partial charge in [-0.05, 0) is 12.1 Å². The van der Waals surface area contributed by atoms with E-state index in [1.54, 1.807) is 14.2 Å². The molecule has 7 nitrogen and oxygen atoms in total. The lowest BCUT2D eigenvalue weighted by Gasteiger charge is -2.12. The number of rotatable bonds is 8. The molecule has 0 saturated heterocycles. The Morgan fingerprint density at radius 2 is 2.00 bits per heavy atom. The first-order valence-electron chi connectivity index (χ1n) is 6.60. The number of aliphatic hydroxyl groups excluding tert-OH is 1. The van der Waals surface area contributed by atoms with E-state index in [0.29, 0.717) is 42.6 Å². The molecule has 0 aliphatic heterocycles. The molecule has 1 heterocycles. The number of nitrogens with one attached hydrogen (secondary N) is 1. The second kappa shape index (κ2) is 7.61. The number of methoxy groups -OCH3 is 2. The fourth-order valence-corrected chi connectivity index (χ4v) is 1.99. The highest BCUT2D eigenvalue weighted by molar-refractivity contribution is 5.94. The van der Waals surface area contributed by atoms with Crippen molar-refractivity contribution in [3.63, 3.8) is 0 Å². The van der Waals surface area contributed by atoms with Crippen molar-refractivity contribution in [3.05, 3.63) is 18.5 Å². The molecule has 0 amide bonds. The maximum Gasteiger partial charge on any atom is 0.187 e. The number of fused-ring (bicyclic) bond motifs is 1. The summed E-state index contributed by atoms with van der Waals surface area (Å²) in [6, 6.07) is 3.70. The molecule has 114 valence electrons. The van der Waals surface area contributed by atoms with Crippen LogP contribution in [0.4, 0.5) is 5.82 Å². The molecule has 0 atom stereocenters. The van der Waals surface area contributed by atoms with E-state index in [0.717, 1.165) is 5.39 Å². The SMILES string of the molecule is COc1ccc2c(NCCOCCO)ncnc2c1OC. The van der Waals surface area contributed by atoms with Crippen molar-refractivity contribution < 1.29 is 19.3 Å². The van der Waals surface area contributed by atoms with E-state index in [1.165, 1.54) is 6.33 Å². The van der Waals surface area contributed by atoms with Crippen LogP contribution in [-0.2, 0) is 4.74 Å². The Bertz CT molecular complexity index is 592. The van der Waals surface area contributed by atoms with Gasteiger partial charge in [0.05, 0.1) is 34.0 Å². The largest absolute Gasteiger partial charge is 0.493 e. The predicted molar refractivity (Wildman–Crippen MR) is 79.0 cm³/mol. The van der Waals surface area contributed by atoms with Crippen LogP contribution < -0.4 is 14.8 Å². The fraction of sp³-hybridized carbons (Fsp3) is 0.429. The van der Waals surface area contributed by atoms with Crippen LogP contribution in [0.15, 0.2) is 18.5 Å². The average Bonchev–Trinajstić information content (AvgIpc) is 2.53. The van der Waals surface area contributed by atoms with E-state index in [9.17, 15) is 0 Å². The van der Waals surface area contributed by atoms with E-state index >= 15 is 0 Å². The van der Waals surface area contributed by atoms with Crippen LogP contribution >= 0.6 is 0 Å². The molecular weight excluding hydrogens is 274 g/mol. The predicted octanol–water partition coefficient (Wildman–Crippen LogP) is 1.07. The highest BCUT2D eigenvalue weighted by atomic mass is 16.5. The monoisotopic (exact) mass is 293 g/mol. The Labute approximate surface area is 122 Å². The van der Waals surface area contributed by atoms with E-state index in [4.69, 9.17) is 19.3 Å². The highest BCUT2D eigenvalue weighted by Crippen LogP contribution is 2.35. The van der Waals surface area contributed by atoms with Crippen LogP contribution in [0.5, 0.6) is 11.5 Å². The Balaban J connectivity index is 2.21. The third kappa shape index (κ3) is 3.50. The van der Waals surface area contributed by atoms with Crippen LogP contribution in [-0.4, -0.2) is 55.7 Å². The third-order valence-corrected chi connectivity index (χ3v) is 2.92. The molecule has 0 spiro atoms. The van der Waals surface area contributed by atoms with Gasteiger partial charge in [0.1, 0.15) is 17.7 Å². The average molecular weight is 293 g/mol. The highest BCUT2D eigenvalue weighted by Gasteiger charge is 2.13. The van der Waals surface area contributed by atoms with Crippen molar-refractivity contribution in [3.8, 4) is 11.5 Å². The van der Waals surface area contributed by atoms with Gasteiger partial charge in [-0.3, -0.25) is 0 Å².